The van der Waals surface area contributed by atoms with Gasteiger partial charge in [0, 0.05) is 36.1 Å². The molecule has 0 radical (unpaired) electrons. The Bertz CT molecular complexity index is 691. The molecule has 1 N–H and O–H groups in total. The molecule has 4 nitrogen and oxygen atoms in total. The van der Waals surface area contributed by atoms with Gasteiger partial charge in [-0.15, -0.1) is 0 Å². The molecule has 0 unspecified atom stereocenters. The molecule has 1 fully saturated rings. The van der Waals surface area contributed by atoms with Crippen LogP contribution in [0.3, 0.4) is 0 Å². The molecule has 0 aliphatic heterocycles. The van der Waals surface area contributed by atoms with Gasteiger partial charge in [-0.1, -0.05) is 11.6 Å². The highest BCUT2D eigenvalue weighted by Gasteiger charge is 2.28. The molecule has 1 aliphatic rings. The molecule has 0 atom stereocenters. The minimum Gasteiger partial charge on any atom is -0.383 e. The van der Waals surface area contributed by atoms with Gasteiger partial charge in [0.05, 0.1) is 6.61 Å². The lowest BCUT2D eigenvalue weighted by atomic mass is 10.1. The van der Waals surface area contributed by atoms with Gasteiger partial charge < -0.3 is 14.6 Å². The molecule has 5 heteroatoms. The standard InChI is InChI=1S/C17H21ClN2O2/c1-11-14-9-13(18)5-6-15(14)19-16(11)17(21)20(7-8-22-2)10-12-3-4-12/h5-6,9,12,19H,3-4,7-8,10H2,1-2H3. The largest absolute Gasteiger partial charge is 0.383 e. The van der Waals surface area contributed by atoms with Crippen LogP contribution in [0.15, 0.2) is 18.2 Å². The summed E-state index contributed by atoms with van der Waals surface area (Å²) in [6.07, 6.45) is 2.44. The van der Waals surface area contributed by atoms with Gasteiger partial charge in [0.15, 0.2) is 0 Å². The topological polar surface area (TPSA) is 45.3 Å². The molecule has 0 spiro atoms. The van der Waals surface area contributed by atoms with Crippen molar-refractivity contribution < 1.29 is 9.53 Å². The molecule has 3 rings (SSSR count). The Hall–Kier alpha value is -1.52. The maximum Gasteiger partial charge on any atom is 0.270 e. The van der Waals surface area contributed by atoms with E-state index >= 15 is 0 Å². The van der Waals surface area contributed by atoms with Crippen LogP contribution in [0.5, 0.6) is 0 Å². The number of nitrogens with one attached hydrogen (secondary N) is 1. The number of aromatic nitrogens is 1. The predicted molar refractivity (Wildman–Crippen MR) is 88.5 cm³/mol. The summed E-state index contributed by atoms with van der Waals surface area (Å²) < 4.78 is 5.14. The summed E-state index contributed by atoms with van der Waals surface area (Å²) in [6.45, 7) is 3.97. The normalized spacial score (nSPS) is 14.5. The maximum atomic E-state index is 12.9. The van der Waals surface area contributed by atoms with Crippen molar-refractivity contribution in [3.8, 4) is 0 Å². The number of H-pyrrole nitrogens is 1. The number of hydrogen-bond acceptors (Lipinski definition) is 2. The number of hydrogen-bond donors (Lipinski definition) is 1. The number of fused-ring (bicyclic) bond motifs is 1. The Morgan fingerprint density at radius 1 is 1.45 bits per heavy atom. The van der Waals surface area contributed by atoms with Crippen LogP contribution >= 0.6 is 11.6 Å². The van der Waals surface area contributed by atoms with Crippen molar-refractivity contribution in [2.45, 2.75) is 19.8 Å². The van der Waals surface area contributed by atoms with Crippen molar-refractivity contribution >= 4 is 28.4 Å². The van der Waals surface area contributed by atoms with E-state index in [2.05, 4.69) is 4.98 Å². The average molecular weight is 321 g/mol. The summed E-state index contributed by atoms with van der Waals surface area (Å²) in [5.41, 5.74) is 2.57. The molecule has 1 aliphatic carbocycles. The van der Waals surface area contributed by atoms with Crippen LogP contribution < -0.4 is 0 Å². The highest BCUT2D eigenvalue weighted by atomic mass is 35.5. The van der Waals surface area contributed by atoms with Crippen molar-refractivity contribution in [3.05, 3.63) is 34.5 Å². The minimum atomic E-state index is 0.0498. The second kappa shape index (κ2) is 6.31. The SMILES string of the molecule is COCCN(CC1CC1)C(=O)c1[nH]c2ccc(Cl)cc2c1C. The number of aryl methyl sites for hydroxylation is 1. The predicted octanol–water partition coefficient (Wildman–Crippen LogP) is 3.63. The lowest BCUT2D eigenvalue weighted by Gasteiger charge is -2.22. The zero-order chi connectivity index (χ0) is 15.7. The molecule has 1 amide bonds. The average Bonchev–Trinajstić information content (AvgIpc) is 3.27. The highest BCUT2D eigenvalue weighted by Crippen LogP contribution is 2.31. The summed E-state index contributed by atoms with van der Waals surface area (Å²) in [4.78, 5) is 18.0. The Morgan fingerprint density at radius 2 is 2.23 bits per heavy atom. The smallest absolute Gasteiger partial charge is 0.270 e. The zero-order valence-corrected chi connectivity index (χ0v) is 13.7. The van der Waals surface area contributed by atoms with E-state index in [1.807, 2.05) is 30.0 Å². The Labute approximate surface area is 135 Å². The molecule has 0 saturated heterocycles. The van der Waals surface area contributed by atoms with E-state index in [1.54, 1.807) is 7.11 Å². The fourth-order valence-corrected chi connectivity index (χ4v) is 2.93. The van der Waals surface area contributed by atoms with Gasteiger partial charge in [-0.2, -0.15) is 0 Å². The van der Waals surface area contributed by atoms with Crippen molar-refractivity contribution in [2.24, 2.45) is 5.92 Å². The van der Waals surface area contributed by atoms with Crippen molar-refractivity contribution in [3.63, 3.8) is 0 Å². The van der Waals surface area contributed by atoms with E-state index in [1.165, 1.54) is 12.8 Å². The van der Waals surface area contributed by atoms with Crippen LogP contribution in [0, 0.1) is 12.8 Å². The number of benzene rings is 1. The minimum absolute atomic E-state index is 0.0498. The molecular weight excluding hydrogens is 300 g/mol. The number of methoxy groups -OCH3 is 1. The number of halogens is 1. The number of amides is 1. The third-order valence-electron chi connectivity index (χ3n) is 4.26. The summed E-state index contributed by atoms with van der Waals surface area (Å²) in [7, 11) is 1.66. The molecule has 1 saturated carbocycles. The first-order chi connectivity index (χ1) is 10.6. The van der Waals surface area contributed by atoms with Crippen LogP contribution in [-0.2, 0) is 4.74 Å². The van der Waals surface area contributed by atoms with Gasteiger partial charge in [0.25, 0.3) is 5.91 Å². The molecule has 1 heterocycles. The van der Waals surface area contributed by atoms with E-state index in [4.69, 9.17) is 16.3 Å². The molecule has 2 aromatic rings. The van der Waals surface area contributed by atoms with E-state index in [0.717, 1.165) is 23.0 Å². The van der Waals surface area contributed by atoms with E-state index in [9.17, 15) is 4.79 Å². The number of nitrogens with zero attached hydrogens (tertiary/aromatic N) is 1. The lowest BCUT2D eigenvalue weighted by molar-refractivity contribution is 0.0680. The Kier molecular flexibility index (Phi) is 4.41. The fourth-order valence-electron chi connectivity index (χ4n) is 2.76. The molecule has 22 heavy (non-hydrogen) atoms. The monoisotopic (exact) mass is 320 g/mol. The number of carbonyl (C=O) groups excluding carboxylic acids is 1. The zero-order valence-electron chi connectivity index (χ0n) is 13.0. The Morgan fingerprint density at radius 3 is 2.91 bits per heavy atom. The molecular formula is C17H21ClN2O2. The van der Waals surface area contributed by atoms with Crippen LogP contribution in [-0.4, -0.2) is 42.6 Å². The van der Waals surface area contributed by atoms with Gasteiger partial charge in [0.2, 0.25) is 0 Å². The number of carbonyl (C=O) groups is 1. The summed E-state index contributed by atoms with van der Waals surface area (Å²) in [5.74, 6) is 0.703. The van der Waals surface area contributed by atoms with E-state index in [-0.39, 0.29) is 5.91 Å². The first-order valence-electron chi connectivity index (χ1n) is 7.66. The first-order valence-corrected chi connectivity index (χ1v) is 8.04. The molecule has 0 bridgehead atoms. The van der Waals surface area contributed by atoms with Crippen molar-refractivity contribution in [2.75, 3.05) is 26.8 Å². The first kappa shape index (κ1) is 15.4. The van der Waals surface area contributed by atoms with Crippen LogP contribution in [0.2, 0.25) is 5.02 Å². The third-order valence-corrected chi connectivity index (χ3v) is 4.50. The van der Waals surface area contributed by atoms with E-state index in [0.29, 0.717) is 29.8 Å². The molecule has 1 aromatic carbocycles. The van der Waals surface area contributed by atoms with Gasteiger partial charge in [-0.3, -0.25) is 4.79 Å². The van der Waals surface area contributed by atoms with Gasteiger partial charge in [-0.25, -0.2) is 0 Å². The molecule has 118 valence electrons. The summed E-state index contributed by atoms with van der Waals surface area (Å²) in [5, 5.41) is 1.69. The summed E-state index contributed by atoms with van der Waals surface area (Å²) >= 11 is 6.06. The van der Waals surface area contributed by atoms with Crippen molar-refractivity contribution in [1.29, 1.82) is 0 Å². The van der Waals surface area contributed by atoms with Gasteiger partial charge in [0.1, 0.15) is 5.69 Å². The number of rotatable bonds is 6. The third kappa shape index (κ3) is 3.13. The quantitative estimate of drug-likeness (QED) is 0.883. The van der Waals surface area contributed by atoms with E-state index < -0.39 is 0 Å². The molecule has 1 aromatic heterocycles. The van der Waals surface area contributed by atoms with Crippen molar-refractivity contribution in [1.82, 2.24) is 9.88 Å². The Balaban J connectivity index is 1.89. The van der Waals surface area contributed by atoms with Crippen LogP contribution in [0.1, 0.15) is 28.9 Å². The number of aromatic amines is 1. The van der Waals surface area contributed by atoms with Gasteiger partial charge >= 0.3 is 0 Å². The van der Waals surface area contributed by atoms with Crippen LogP contribution in [0.4, 0.5) is 0 Å². The summed E-state index contributed by atoms with van der Waals surface area (Å²) in [6, 6.07) is 5.66. The second-order valence-corrected chi connectivity index (χ2v) is 6.44. The second-order valence-electron chi connectivity index (χ2n) is 6.00. The maximum absolute atomic E-state index is 12.9. The fraction of sp³-hybridized carbons (Fsp3) is 0.471. The van der Waals surface area contributed by atoms with Crippen LogP contribution in [0.25, 0.3) is 10.9 Å². The highest BCUT2D eigenvalue weighted by molar-refractivity contribution is 6.31. The van der Waals surface area contributed by atoms with Gasteiger partial charge in [-0.05, 0) is 49.4 Å². The number of ether oxygens (including phenoxy) is 1. The lowest BCUT2D eigenvalue weighted by Crippen LogP contribution is -2.36.